The van der Waals surface area contributed by atoms with E-state index in [0.717, 1.165) is 34.1 Å². The van der Waals surface area contributed by atoms with Gasteiger partial charge in [-0.2, -0.15) is 5.26 Å². The van der Waals surface area contributed by atoms with Gasteiger partial charge in [-0.1, -0.05) is 43.5 Å². The molecule has 2 aromatic carbocycles. The zero-order valence-electron chi connectivity index (χ0n) is 18.2. The number of amides is 1. The fraction of sp³-hybridized carbons (Fsp3) is 0.385. The lowest BCUT2D eigenvalue weighted by molar-refractivity contribution is -0.120. The number of fused-ring (bicyclic) bond motifs is 1. The Kier molecular flexibility index (Phi) is 6.69. The monoisotopic (exact) mass is 414 g/mol. The van der Waals surface area contributed by atoms with Crippen LogP contribution < -0.4 is 5.32 Å². The van der Waals surface area contributed by atoms with Crippen LogP contribution in [0.5, 0.6) is 0 Å². The molecule has 4 rings (SSSR count). The van der Waals surface area contributed by atoms with Crippen molar-refractivity contribution in [1.82, 2.24) is 15.2 Å². The number of nitrogens with zero attached hydrogens (tertiary/aromatic N) is 2. The lowest BCUT2D eigenvalue weighted by Gasteiger charge is -2.31. The molecule has 1 aliphatic carbocycles. The fourth-order valence-electron chi connectivity index (χ4n) is 4.59. The van der Waals surface area contributed by atoms with Crippen LogP contribution in [0.2, 0.25) is 0 Å². The minimum atomic E-state index is 0.0590. The van der Waals surface area contributed by atoms with Crippen LogP contribution in [-0.2, 0) is 11.2 Å². The van der Waals surface area contributed by atoms with Crippen LogP contribution in [0.1, 0.15) is 43.2 Å². The van der Waals surface area contributed by atoms with E-state index in [2.05, 4.69) is 40.5 Å². The number of aromatic nitrogens is 1. The number of nitriles is 1. The third-order valence-corrected chi connectivity index (χ3v) is 6.43. The minimum Gasteiger partial charge on any atom is -0.361 e. The topological polar surface area (TPSA) is 71.9 Å². The largest absolute Gasteiger partial charge is 0.361 e. The van der Waals surface area contributed by atoms with Crippen LogP contribution in [0.25, 0.3) is 22.0 Å². The molecule has 1 saturated carbocycles. The lowest BCUT2D eigenvalue weighted by Crippen LogP contribution is -2.39. The number of rotatable bonds is 7. The molecule has 1 fully saturated rings. The highest BCUT2D eigenvalue weighted by atomic mass is 16.1. The Labute approximate surface area is 184 Å². The van der Waals surface area contributed by atoms with Crippen LogP contribution in [0.4, 0.5) is 0 Å². The lowest BCUT2D eigenvalue weighted by atomic mass is 9.94. The van der Waals surface area contributed by atoms with E-state index >= 15 is 0 Å². The molecule has 0 radical (unpaired) electrons. The molecule has 0 aliphatic heterocycles. The van der Waals surface area contributed by atoms with E-state index in [1.54, 1.807) is 6.07 Å². The Bertz CT molecular complexity index is 1090. The van der Waals surface area contributed by atoms with Crippen molar-refractivity contribution in [2.24, 2.45) is 0 Å². The molecule has 5 nitrogen and oxygen atoms in total. The maximum atomic E-state index is 12.5. The van der Waals surface area contributed by atoms with E-state index in [1.165, 1.54) is 32.1 Å². The molecule has 3 aromatic rings. The van der Waals surface area contributed by atoms with Crippen LogP contribution >= 0.6 is 0 Å². The maximum Gasteiger partial charge on any atom is 0.224 e. The number of aromatic amines is 1. The highest BCUT2D eigenvalue weighted by molar-refractivity contribution is 5.91. The van der Waals surface area contributed by atoms with E-state index in [1.807, 2.05) is 30.5 Å². The number of carbonyl (C=O) groups is 1. The molecule has 1 heterocycles. The zero-order chi connectivity index (χ0) is 21.6. The van der Waals surface area contributed by atoms with Crippen LogP contribution in [0.3, 0.4) is 0 Å². The molecule has 1 aromatic heterocycles. The summed E-state index contributed by atoms with van der Waals surface area (Å²) >= 11 is 0. The van der Waals surface area contributed by atoms with E-state index < -0.39 is 0 Å². The van der Waals surface area contributed by atoms with Crippen molar-refractivity contribution in [1.29, 1.82) is 5.26 Å². The van der Waals surface area contributed by atoms with Gasteiger partial charge in [-0.3, -0.25) is 4.79 Å². The maximum absolute atomic E-state index is 12.5. The second-order valence-corrected chi connectivity index (χ2v) is 8.57. The van der Waals surface area contributed by atoms with E-state index in [9.17, 15) is 4.79 Å². The number of H-pyrrole nitrogens is 1. The van der Waals surface area contributed by atoms with Gasteiger partial charge in [0.25, 0.3) is 0 Å². The smallest absolute Gasteiger partial charge is 0.224 e. The summed E-state index contributed by atoms with van der Waals surface area (Å²) in [6.07, 6.45) is 8.87. The van der Waals surface area contributed by atoms with Gasteiger partial charge in [-0.05, 0) is 54.8 Å². The minimum absolute atomic E-state index is 0.0590. The Morgan fingerprint density at radius 3 is 2.77 bits per heavy atom. The van der Waals surface area contributed by atoms with Crippen molar-refractivity contribution >= 4 is 16.8 Å². The number of hydrogen-bond acceptors (Lipinski definition) is 3. The first-order valence-corrected chi connectivity index (χ1v) is 11.2. The number of likely N-dealkylation sites (N-methyl/N-ethyl adjacent to an activating group) is 1. The molecule has 1 amide bonds. The highest BCUT2D eigenvalue weighted by Crippen LogP contribution is 2.27. The standard InChI is InChI=1S/C26H30N4O/c1-30(23-8-3-2-4-9-23)13-12-28-26(31)16-22-18-29-25-15-21(10-11-24(22)25)20-7-5-6-19(14-20)17-27/h5-7,10-11,14-15,18,23,29H,2-4,8-9,12-13,16H2,1H3,(H,28,31). The van der Waals surface area contributed by atoms with Gasteiger partial charge >= 0.3 is 0 Å². The van der Waals surface area contributed by atoms with Crippen molar-refractivity contribution in [2.75, 3.05) is 20.1 Å². The van der Waals surface area contributed by atoms with Gasteiger partial charge in [0.05, 0.1) is 18.1 Å². The van der Waals surface area contributed by atoms with Gasteiger partial charge in [-0.25, -0.2) is 0 Å². The summed E-state index contributed by atoms with van der Waals surface area (Å²) in [7, 11) is 2.17. The second-order valence-electron chi connectivity index (χ2n) is 8.57. The van der Waals surface area contributed by atoms with Gasteiger partial charge in [0.1, 0.15) is 0 Å². The van der Waals surface area contributed by atoms with Gasteiger partial charge < -0.3 is 15.2 Å². The Morgan fingerprint density at radius 2 is 1.97 bits per heavy atom. The van der Waals surface area contributed by atoms with Gasteiger partial charge in [0.2, 0.25) is 5.91 Å². The van der Waals surface area contributed by atoms with E-state index in [-0.39, 0.29) is 5.91 Å². The highest BCUT2D eigenvalue weighted by Gasteiger charge is 2.17. The first-order chi connectivity index (χ1) is 15.1. The first-order valence-electron chi connectivity index (χ1n) is 11.2. The number of hydrogen-bond donors (Lipinski definition) is 2. The molecular weight excluding hydrogens is 384 g/mol. The van der Waals surface area contributed by atoms with E-state index in [0.29, 0.717) is 24.6 Å². The average molecular weight is 415 g/mol. The van der Waals surface area contributed by atoms with Gasteiger partial charge in [0.15, 0.2) is 0 Å². The summed E-state index contributed by atoms with van der Waals surface area (Å²) in [5, 5.41) is 13.3. The first kappa shape index (κ1) is 21.1. The Morgan fingerprint density at radius 1 is 1.16 bits per heavy atom. The third kappa shape index (κ3) is 5.15. The number of carbonyl (C=O) groups excluding carboxylic acids is 1. The van der Waals surface area contributed by atoms with Crippen molar-refractivity contribution < 1.29 is 4.79 Å². The predicted octanol–water partition coefficient (Wildman–Crippen LogP) is 4.63. The summed E-state index contributed by atoms with van der Waals surface area (Å²) in [5.41, 5.74) is 4.71. The fourth-order valence-corrected chi connectivity index (χ4v) is 4.59. The van der Waals surface area contributed by atoms with Crippen molar-refractivity contribution in [2.45, 2.75) is 44.6 Å². The SMILES string of the molecule is CN(CCNC(=O)Cc1c[nH]c2cc(-c3cccc(C#N)c3)ccc12)C1CCCCC1. The molecule has 0 bridgehead atoms. The molecule has 2 N–H and O–H groups in total. The molecule has 0 atom stereocenters. The average Bonchev–Trinajstić information content (AvgIpc) is 3.21. The Balaban J connectivity index is 1.35. The van der Waals surface area contributed by atoms with Gasteiger partial charge in [-0.15, -0.1) is 0 Å². The molecule has 160 valence electrons. The van der Waals surface area contributed by atoms with Crippen LogP contribution in [0.15, 0.2) is 48.7 Å². The molecule has 31 heavy (non-hydrogen) atoms. The summed E-state index contributed by atoms with van der Waals surface area (Å²) in [5.74, 6) is 0.0590. The van der Waals surface area contributed by atoms with Crippen LogP contribution in [0, 0.1) is 11.3 Å². The summed E-state index contributed by atoms with van der Waals surface area (Å²) < 4.78 is 0. The zero-order valence-corrected chi connectivity index (χ0v) is 18.2. The quantitative estimate of drug-likeness (QED) is 0.592. The Hall–Kier alpha value is -3.10. The molecule has 1 aliphatic rings. The normalized spacial score (nSPS) is 14.6. The molecule has 5 heteroatoms. The molecule has 0 saturated heterocycles. The van der Waals surface area contributed by atoms with Gasteiger partial charge in [0, 0.05) is 36.2 Å². The molecular formula is C26H30N4O. The van der Waals surface area contributed by atoms with Crippen LogP contribution in [-0.4, -0.2) is 42.0 Å². The van der Waals surface area contributed by atoms with Crippen molar-refractivity contribution in [3.8, 4) is 17.2 Å². The predicted molar refractivity (Wildman–Crippen MR) is 125 cm³/mol. The summed E-state index contributed by atoms with van der Waals surface area (Å²) in [4.78, 5) is 18.2. The summed E-state index contributed by atoms with van der Waals surface area (Å²) in [6, 6.07) is 16.6. The molecule has 0 spiro atoms. The number of nitrogens with one attached hydrogen (secondary N) is 2. The number of benzene rings is 2. The third-order valence-electron chi connectivity index (χ3n) is 6.43. The van der Waals surface area contributed by atoms with Crippen molar-refractivity contribution in [3.63, 3.8) is 0 Å². The second kappa shape index (κ2) is 9.80. The van der Waals surface area contributed by atoms with Crippen molar-refractivity contribution in [3.05, 3.63) is 59.8 Å². The van der Waals surface area contributed by atoms with E-state index in [4.69, 9.17) is 5.26 Å². The summed E-state index contributed by atoms with van der Waals surface area (Å²) in [6.45, 7) is 1.59. The molecule has 0 unspecified atom stereocenters.